The fourth-order valence-corrected chi connectivity index (χ4v) is 7.78. The van der Waals surface area contributed by atoms with Crippen molar-refractivity contribution in [3.63, 3.8) is 0 Å². The molecule has 2 atom stereocenters. The molecule has 8 rings (SSSR count). The summed E-state index contributed by atoms with van der Waals surface area (Å²) < 4.78 is 32.3. The molecule has 4 aliphatic heterocycles. The molecule has 0 spiro atoms. The summed E-state index contributed by atoms with van der Waals surface area (Å²) in [4.78, 5) is 0. The Balaban J connectivity index is 1.46. The molecule has 0 aromatic heterocycles. The number of rotatable bonds is 3. The highest BCUT2D eigenvalue weighted by Gasteiger charge is 2.41. The van der Waals surface area contributed by atoms with Crippen LogP contribution in [0.5, 0.6) is 46.0 Å². The van der Waals surface area contributed by atoms with Crippen LogP contribution in [0.2, 0.25) is 0 Å². The number of methoxy groups -OCH3 is 3. The summed E-state index contributed by atoms with van der Waals surface area (Å²) in [7, 11) is 14.1. The molecular weight excluding hydrogens is 592 g/mol. The summed E-state index contributed by atoms with van der Waals surface area (Å²) in [6.07, 6.45) is 3.27. The Labute approximate surface area is 277 Å². The van der Waals surface area contributed by atoms with Crippen LogP contribution in [0.25, 0.3) is 0 Å². The Hall–Kier alpha value is -4.40. The molecule has 0 unspecified atom stereocenters. The predicted molar refractivity (Wildman–Crippen MR) is 181 cm³/mol. The van der Waals surface area contributed by atoms with Gasteiger partial charge in [0.2, 0.25) is 5.75 Å². The number of aromatic hydroxyl groups is 1. The van der Waals surface area contributed by atoms with Gasteiger partial charge in [-0.15, -0.1) is 0 Å². The molecule has 10 bridgehead atoms. The van der Waals surface area contributed by atoms with E-state index in [1.165, 1.54) is 16.7 Å². The Morgan fingerprint density at radius 1 is 0.638 bits per heavy atom. The molecular formula is C39H46N2O6+2. The summed E-state index contributed by atoms with van der Waals surface area (Å²) in [6.45, 7) is 1.89. The van der Waals surface area contributed by atoms with Crippen LogP contribution in [-0.4, -0.2) is 76.7 Å². The van der Waals surface area contributed by atoms with E-state index in [1.807, 2.05) is 24.3 Å². The average molecular weight is 639 g/mol. The van der Waals surface area contributed by atoms with E-state index in [9.17, 15) is 5.11 Å². The maximum atomic E-state index is 11.6. The first-order valence-electron chi connectivity index (χ1n) is 16.4. The first-order valence-corrected chi connectivity index (χ1v) is 16.4. The SMILES string of the molecule is COc1ccc2cc1Oc1ccc(cc1)C[C@H]1c3cc(OC)c(O)c(c3CC[N+]1(C)C)Oc1cc3c(cc1OC)CC[N+](C)(C)[C@@H]3C2. The molecule has 0 saturated carbocycles. The van der Waals surface area contributed by atoms with Crippen LogP contribution in [0.3, 0.4) is 0 Å². The predicted octanol–water partition coefficient (Wildman–Crippen LogP) is 7.15. The van der Waals surface area contributed by atoms with Crippen LogP contribution in [0.15, 0.2) is 60.7 Å². The van der Waals surface area contributed by atoms with Gasteiger partial charge in [-0.25, -0.2) is 0 Å². The molecule has 8 heteroatoms. The van der Waals surface area contributed by atoms with Crippen LogP contribution in [0.4, 0.5) is 0 Å². The number of hydrogen-bond donors (Lipinski definition) is 1. The molecule has 0 aliphatic carbocycles. The summed E-state index contributed by atoms with van der Waals surface area (Å²) in [6, 6.07) is 21.1. The standard InChI is InChI=1S/C39H45N2O6/c1-40(2)16-14-26-21-34(44-6)36-22-29(26)31(40)19-25-10-13-33(43-5)35(20-25)46-27-11-8-24(9-12-27)18-32-30-23-37(45-7)38(42)39(47-36)28(30)15-17-41(32,3)4/h8-13,20-23,31-32H,14-19H2,1-7H3/q+1/p+1/t31-,32+/m1/s1. The highest BCUT2D eigenvalue weighted by atomic mass is 16.5. The number of ether oxygens (including phenoxy) is 5. The van der Waals surface area contributed by atoms with Gasteiger partial charge in [-0.1, -0.05) is 18.2 Å². The maximum Gasteiger partial charge on any atom is 0.201 e. The largest absolute Gasteiger partial charge is 0.502 e. The fourth-order valence-electron chi connectivity index (χ4n) is 7.78. The molecule has 1 N–H and O–H groups in total. The lowest BCUT2D eigenvalue weighted by atomic mass is 9.86. The topological polar surface area (TPSA) is 66.4 Å². The first-order chi connectivity index (χ1) is 22.5. The van der Waals surface area contributed by atoms with Crippen molar-refractivity contribution in [2.45, 2.75) is 37.8 Å². The van der Waals surface area contributed by atoms with E-state index in [-0.39, 0.29) is 17.8 Å². The number of hydrogen-bond acceptors (Lipinski definition) is 6. The van der Waals surface area contributed by atoms with Crippen molar-refractivity contribution in [1.29, 1.82) is 0 Å². The second-order valence-corrected chi connectivity index (χ2v) is 14.3. The van der Waals surface area contributed by atoms with Crippen molar-refractivity contribution in [2.75, 3.05) is 62.6 Å². The molecule has 47 heavy (non-hydrogen) atoms. The number of nitrogens with zero attached hydrogens (tertiary/aromatic N) is 2. The summed E-state index contributed by atoms with van der Waals surface area (Å²) in [5.74, 6) is 4.27. The minimum absolute atomic E-state index is 0.0165. The Kier molecular flexibility index (Phi) is 7.76. The Morgan fingerprint density at radius 3 is 1.96 bits per heavy atom. The molecule has 8 nitrogen and oxygen atoms in total. The van der Waals surface area contributed by atoms with Crippen LogP contribution in [-0.2, 0) is 25.7 Å². The fraction of sp³-hybridized carbons (Fsp3) is 0.385. The van der Waals surface area contributed by atoms with Gasteiger partial charge in [0.25, 0.3) is 0 Å². The quantitative estimate of drug-likeness (QED) is 0.241. The monoisotopic (exact) mass is 638 g/mol. The van der Waals surface area contributed by atoms with E-state index in [4.69, 9.17) is 23.7 Å². The van der Waals surface area contributed by atoms with Crippen LogP contribution >= 0.6 is 0 Å². The number of phenols is 1. The third-order valence-corrected chi connectivity index (χ3v) is 10.8. The summed E-state index contributed by atoms with van der Waals surface area (Å²) >= 11 is 0. The molecule has 0 fully saturated rings. The van der Waals surface area contributed by atoms with Gasteiger partial charge in [0.15, 0.2) is 34.5 Å². The van der Waals surface area contributed by atoms with Gasteiger partial charge in [-0.3, -0.25) is 0 Å². The van der Waals surface area contributed by atoms with E-state index < -0.39 is 0 Å². The van der Waals surface area contributed by atoms with Crippen molar-refractivity contribution in [2.24, 2.45) is 0 Å². The third kappa shape index (κ3) is 5.53. The molecule has 0 saturated heterocycles. The van der Waals surface area contributed by atoms with Crippen LogP contribution in [0, 0.1) is 0 Å². The van der Waals surface area contributed by atoms with Gasteiger partial charge in [-0.2, -0.15) is 0 Å². The number of quaternary nitrogens is 2. The lowest BCUT2D eigenvalue weighted by Crippen LogP contribution is -2.48. The second-order valence-electron chi connectivity index (χ2n) is 14.3. The van der Waals surface area contributed by atoms with Gasteiger partial charge >= 0.3 is 0 Å². The van der Waals surface area contributed by atoms with Crippen LogP contribution < -0.4 is 23.7 Å². The molecule has 4 aromatic rings. The van der Waals surface area contributed by atoms with E-state index in [0.717, 1.165) is 70.2 Å². The van der Waals surface area contributed by atoms with E-state index in [2.05, 4.69) is 64.6 Å². The molecule has 0 amide bonds. The first kappa shape index (κ1) is 31.2. The van der Waals surface area contributed by atoms with Crippen molar-refractivity contribution in [3.05, 3.63) is 94.0 Å². The van der Waals surface area contributed by atoms with Gasteiger partial charge in [0.05, 0.1) is 62.6 Å². The van der Waals surface area contributed by atoms with Crippen LogP contribution in [0.1, 0.15) is 45.5 Å². The zero-order valence-corrected chi connectivity index (χ0v) is 28.6. The smallest absolute Gasteiger partial charge is 0.201 e. The Bertz CT molecular complexity index is 1830. The van der Waals surface area contributed by atoms with Crippen molar-refractivity contribution in [3.8, 4) is 46.0 Å². The molecule has 0 radical (unpaired) electrons. The van der Waals surface area contributed by atoms with Crippen molar-refractivity contribution in [1.82, 2.24) is 0 Å². The van der Waals surface area contributed by atoms with E-state index in [0.29, 0.717) is 34.5 Å². The lowest BCUT2D eigenvalue weighted by Gasteiger charge is -2.43. The number of fused-ring (bicyclic) bond motifs is 2. The average Bonchev–Trinajstić information content (AvgIpc) is 3.05. The Morgan fingerprint density at radius 2 is 1.26 bits per heavy atom. The molecule has 246 valence electrons. The molecule has 4 aromatic carbocycles. The third-order valence-electron chi connectivity index (χ3n) is 10.8. The van der Waals surface area contributed by atoms with Gasteiger partial charge in [0, 0.05) is 42.4 Å². The zero-order chi connectivity index (χ0) is 33.1. The highest BCUT2D eigenvalue weighted by Crippen LogP contribution is 2.51. The minimum atomic E-state index is 0.0165. The summed E-state index contributed by atoms with van der Waals surface area (Å²) in [5.41, 5.74) is 6.96. The van der Waals surface area contributed by atoms with Gasteiger partial charge in [0.1, 0.15) is 17.8 Å². The van der Waals surface area contributed by atoms with E-state index >= 15 is 0 Å². The molecule has 4 heterocycles. The van der Waals surface area contributed by atoms with E-state index in [1.54, 1.807) is 21.3 Å². The zero-order valence-electron chi connectivity index (χ0n) is 28.6. The minimum Gasteiger partial charge on any atom is -0.502 e. The molecule has 4 aliphatic rings. The lowest BCUT2D eigenvalue weighted by molar-refractivity contribution is -0.923. The summed E-state index contributed by atoms with van der Waals surface area (Å²) in [5, 5.41) is 11.6. The van der Waals surface area contributed by atoms with Gasteiger partial charge < -0.3 is 37.8 Å². The normalized spacial score (nSPS) is 20.5. The second kappa shape index (κ2) is 11.7. The highest BCUT2D eigenvalue weighted by molar-refractivity contribution is 5.62. The number of benzene rings is 4. The van der Waals surface area contributed by atoms with Gasteiger partial charge in [-0.05, 0) is 59.2 Å². The van der Waals surface area contributed by atoms with Crippen molar-refractivity contribution >= 4 is 0 Å². The number of likely N-dealkylation sites (N-methyl/N-ethyl adjacent to an activating group) is 2. The van der Waals surface area contributed by atoms with Crippen molar-refractivity contribution < 1.29 is 37.8 Å². The number of phenolic OH excluding ortho intramolecular Hbond substituents is 1. The maximum absolute atomic E-state index is 11.6.